The summed E-state index contributed by atoms with van der Waals surface area (Å²) in [7, 11) is -3.75. The standard InChI is InChI=1S/C14H10BrN3O3S/c15-8-1-6-12-11(7-8)13(14(19)18-12)17-9-2-4-10(5-3-9)22(16,20)21/h1-7H,(H2,16,20,21)(H,17,18,19). The van der Waals surface area contributed by atoms with E-state index < -0.39 is 10.0 Å². The van der Waals surface area contributed by atoms with E-state index in [9.17, 15) is 13.2 Å². The lowest BCUT2D eigenvalue weighted by atomic mass is 10.1. The maximum atomic E-state index is 12.0. The van der Waals surface area contributed by atoms with Gasteiger partial charge in [-0.3, -0.25) is 4.79 Å². The molecule has 1 aliphatic rings. The molecular weight excluding hydrogens is 370 g/mol. The Kier molecular flexibility index (Phi) is 3.59. The van der Waals surface area contributed by atoms with Crippen LogP contribution in [-0.2, 0) is 14.8 Å². The van der Waals surface area contributed by atoms with Gasteiger partial charge in [0, 0.05) is 10.0 Å². The van der Waals surface area contributed by atoms with Gasteiger partial charge in [-0.1, -0.05) is 15.9 Å². The molecule has 1 heterocycles. The summed E-state index contributed by atoms with van der Waals surface area (Å²) in [6, 6.07) is 11.1. The summed E-state index contributed by atoms with van der Waals surface area (Å²) in [6.45, 7) is 0. The van der Waals surface area contributed by atoms with Crippen molar-refractivity contribution in [3.05, 3.63) is 52.5 Å². The van der Waals surface area contributed by atoms with E-state index in [2.05, 4.69) is 26.2 Å². The van der Waals surface area contributed by atoms with Gasteiger partial charge >= 0.3 is 0 Å². The van der Waals surface area contributed by atoms with Crippen molar-refractivity contribution in [2.75, 3.05) is 5.32 Å². The summed E-state index contributed by atoms with van der Waals surface area (Å²) >= 11 is 3.35. The SMILES string of the molecule is NS(=O)(=O)c1ccc(N=C2C(=O)Nc3ccc(Br)cc32)cc1. The number of rotatable bonds is 2. The van der Waals surface area contributed by atoms with E-state index in [0.29, 0.717) is 16.9 Å². The first-order chi connectivity index (χ1) is 10.3. The molecule has 2 aromatic rings. The maximum absolute atomic E-state index is 12.0. The number of anilines is 1. The van der Waals surface area contributed by atoms with Crippen molar-refractivity contribution in [1.82, 2.24) is 0 Å². The Morgan fingerprint density at radius 2 is 1.77 bits per heavy atom. The van der Waals surface area contributed by atoms with Gasteiger partial charge in [0.25, 0.3) is 5.91 Å². The zero-order valence-corrected chi connectivity index (χ0v) is 13.5. The number of hydrogen-bond donors (Lipinski definition) is 2. The van der Waals surface area contributed by atoms with Crippen molar-refractivity contribution >= 4 is 48.9 Å². The van der Waals surface area contributed by atoms with Crippen LogP contribution in [0, 0.1) is 0 Å². The third-order valence-corrected chi connectivity index (χ3v) is 4.53. The number of carbonyl (C=O) groups excluding carboxylic acids is 1. The number of halogens is 1. The molecule has 0 unspecified atom stereocenters. The lowest BCUT2D eigenvalue weighted by Crippen LogP contribution is -2.14. The van der Waals surface area contributed by atoms with Crippen LogP contribution in [0.25, 0.3) is 0 Å². The summed E-state index contributed by atoms with van der Waals surface area (Å²) in [5.41, 5.74) is 2.12. The van der Waals surface area contributed by atoms with Crippen LogP contribution in [0.1, 0.15) is 5.56 Å². The van der Waals surface area contributed by atoms with Gasteiger partial charge in [-0.15, -0.1) is 0 Å². The highest BCUT2D eigenvalue weighted by atomic mass is 79.9. The number of fused-ring (bicyclic) bond motifs is 1. The van der Waals surface area contributed by atoms with Crippen LogP contribution in [0.5, 0.6) is 0 Å². The fraction of sp³-hybridized carbons (Fsp3) is 0. The van der Waals surface area contributed by atoms with Crippen LogP contribution < -0.4 is 10.5 Å². The van der Waals surface area contributed by atoms with E-state index in [1.54, 1.807) is 12.1 Å². The van der Waals surface area contributed by atoms with E-state index in [4.69, 9.17) is 5.14 Å². The molecule has 0 radical (unpaired) electrons. The minimum absolute atomic E-state index is 0.00420. The summed E-state index contributed by atoms with van der Waals surface area (Å²) in [5.74, 6) is -0.302. The van der Waals surface area contributed by atoms with E-state index in [0.717, 1.165) is 4.47 Å². The van der Waals surface area contributed by atoms with E-state index in [1.807, 2.05) is 6.07 Å². The van der Waals surface area contributed by atoms with E-state index in [-0.39, 0.29) is 16.5 Å². The Bertz CT molecular complexity index is 905. The molecule has 112 valence electrons. The number of sulfonamides is 1. The highest BCUT2D eigenvalue weighted by molar-refractivity contribution is 9.10. The number of nitrogens with two attached hydrogens (primary N) is 1. The molecule has 8 heteroatoms. The first-order valence-electron chi connectivity index (χ1n) is 6.17. The molecule has 0 bridgehead atoms. The van der Waals surface area contributed by atoms with Crippen molar-refractivity contribution in [1.29, 1.82) is 0 Å². The van der Waals surface area contributed by atoms with Gasteiger partial charge in [0.2, 0.25) is 10.0 Å². The molecule has 1 amide bonds. The number of carbonyl (C=O) groups is 1. The molecule has 1 aliphatic heterocycles. The highest BCUT2D eigenvalue weighted by Crippen LogP contribution is 2.28. The summed E-state index contributed by atoms with van der Waals surface area (Å²) in [4.78, 5) is 16.3. The number of benzene rings is 2. The quantitative estimate of drug-likeness (QED) is 0.835. The second kappa shape index (κ2) is 5.31. The predicted octanol–water partition coefficient (Wildman–Crippen LogP) is 2.17. The van der Waals surface area contributed by atoms with Gasteiger partial charge in [0.05, 0.1) is 16.3 Å². The lowest BCUT2D eigenvalue weighted by Gasteiger charge is -2.01. The van der Waals surface area contributed by atoms with Gasteiger partial charge in [0.15, 0.2) is 0 Å². The summed E-state index contributed by atoms with van der Waals surface area (Å²) in [6.07, 6.45) is 0. The molecule has 0 aliphatic carbocycles. The Hall–Kier alpha value is -2.03. The van der Waals surface area contributed by atoms with Gasteiger partial charge < -0.3 is 5.32 Å². The molecule has 22 heavy (non-hydrogen) atoms. The smallest absolute Gasteiger partial charge is 0.275 e. The van der Waals surface area contributed by atoms with Crippen LogP contribution in [0.4, 0.5) is 11.4 Å². The zero-order valence-electron chi connectivity index (χ0n) is 11.1. The number of nitrogens with zero attached hydrogens (tertiary/aromatic N) is 1. The molecule has 3 rings (SSSR count). The van der Waals surface area contributed by atoms with E-state index >= 15 is 0 Å². The molecule has 0 fully saturated rings. The number of hydrogen-bond acceptors (Lipinski definition) is 4. The normalized spacial score (nSPS) is 15.7. The van der Waals surface area contributed by atoms with Crippen molar-refractivity contribution in [2.45, 2.75) is 4.90 Å². The monoisotopic (exact) mass is 379 g/mol. The largest absolute Gasteiger partial charge is 0.320 e. The molecule has 2 aromatic carbocycles. The first-order valence-corrected chi connectivity index (χ1v) is 8.51. The second-order valence-corrected chi connectivity index (χ2v) is 7.12. The van der Waals surface area contributed by atoms with Crippen LogP contribution in [-0.4, -0.2) is 20.0 Å². The number of aliphatic imine (C=N–C) groups is 1. The molecule has 3 N–H and O–H groups in total. The summed E-state index contributed by atoms with van der Waals surface area (Å²) < 4.78 is 23.3. The molecule has 0 spiro atoms. The predicted molar refractivity (Wildman–Crippen MR) is 86.8 cm³/mol. The van der Waals surface area contributed by atoms with Crippen molar-refractivity contribution in [3.8, 4) is 0 Å². The average molecular weight is 380 g/mol. The summed E-state index contributed by atoms with van der Waals surface area (Å²) in [5, 5.41) is 7.76. The van der Waals surface area contributed by atoms with Crippen molar-refractivity contribution in [2.24, 2.45) is 10.1 Å². The molecule has 6 nitrogen and oxygen atoms in total. The third-order valence-electron chi connectivity index (χ3n) is 3.11. The van der Waals surface area contributed by atoms with Crippen LogP contribution >= 0.6 is 15.9 Å². The highest BCUT2D eigenvalue weighted by Gasteiger charge is 2.26. The first kappa shape index (κ1) is 14.9. The number of nitrogens with one attached hydrogen (secondary N) is 1. The van der Waals surface area contributed by atoms with Crippen LogP contribution in [0.2, 0.25) is 0 Å². The van der Waals surface area contributed by atoms with Gasteiger partial charge in [-0.05, 0) is 42.5 Å². The molecular formula is C14H10BrN3O3S. The minimum atomic E-state index is -3.75. The third kappa shape index (κ3) is 2.80. The Balaban J connectivity index is 2.03. The Morgan fingerprint density at radius 3 is 2.41 bits per heavy atom. The lowest BCUT2D eigenvalue weighted by molar-refractivity contribution is -0.110. The van der Waals surface area contributed by atoms with Gasteiger partial charge in [0.1, 0.15) is 5.71 Å². The van der Waals surface area contributed by atoms with Gasteiger partial charge in [-0.25, -0.2) is 18.5 Å². The average Bonchev–Trinajstić information content (AvgIpc) is 2.75. The van der Waals surface area contributed by atoms with Crippen LogP contribution in [0.3, 0.4) is 0 Å². The fourth-order valence-electron chi connectivity index (χ4n) is 2.08. The Morgan fingerprint density at radius 1 is 1.09 bits per heavy atom. The van der Waals surface area contributed by atoms with Gasteiger partial charge in [-0.2, -0.15) is 0 Å². The number of primary sulfonamides is 1. The molecule has 0 saturated heterocycles. The number of amides is 1. The molecule has 0 aromatic heterocycles. The molecule has 0 atom stereocenters. The van der Waals surface area contributed by atoms with Crippen molar-refractivity contribution in [3.63, 3.8) is 0 Å². The molecule has 0 saturated carbocycles. The van der Waals surface area contributed by atoms with E-state index in [1.165, 1.54) is 24.3 Å². The minimum Gasteiger partial charge on any atom is -0.320 e. The second-order valence-electron chi connectivity index (χ2n) is 4.64. The maximum Gasteiger partial charge on any atom is 0.275 e. The Labute approximate surface area is 135 Å². The van der Waals surface area contributed by atoms with Crippen molar-refractivity contribution < 1.29 is 13.2 Å². The fourth-order valence-corrected chi connectivity index (χ4v) is 2.95. The topological polar surface area (TPSA) is 102 Å². The zero-order chi connectivity index (χ0) is 15.9. The van der Waals surface area contributed by atoms with Crippen LogP contribution in [0.15, 0.2) is 56.8 Å².